The van der Waals surface area contributed by atoms with Gasteiger partial charge in [-0.15, -0.1) is 0 Å². The number of carboxylic acids is 1. The Balaban J connectivity index is 1.97. The standard InChI is InChI=1S/C21H28N2O2/c1-13-7-8-20(2,3)12-21(13,4)15-5-6-16-14(9-17(22)19(24)25)11-23-18(16)10-15/h5-6,10-11,17,23H,1,7-9,12,22H2,2-4H3,(H,24,25)/t17-,21?/m0/s1. The monoisotopic (exact) mass is 340 g/mol. The van der Waals surface area contributed by atoms with Gasteiger partial charge in [-0.2, -0.15) is 0 Å². The molecule has 0 aliphatic heterocycles. The van der Waals surface area contributed by atoms with Gasteiger partial charge in [-0.05, 0) is 41.9 Å². The van der Waals surface area contributed by atoms with E-state index in [1.165, 1.54) is 17.6 Å². The van der Waals surface area contributed by atoms with Crippen LogP contribution in [-0.4, -0.2) is 22.1 Å². The zero-order valence-corrected chi connectivity index (χ0v) is 15.4. The Kier molecular flexibility index (Phi) is 4.28. The topological polar surface area (TPSA) is 79.1 Å². The second-order valence-corrected chi connectivity index (χ2v) is 8.50. The van der Waals surface area contributed by atoms with Gasteiger partial charge >= 0.3 is 5.97 Å². The highest BCUT2D eigenvalue weighted by Crippen LogP contribution is 2.50. The second-order valence-electron chi connectivity index (χ2n) is 8.50. The number of allylic oxidation sites excluding steroid dienone is 1. The summed E-state index contributed by atoms with van der Waals surface area (Å²) in [6.07, 6.45) is 5.53. The summed E-state index contributed by atoms with van der Waals surface area (Å²) in [4.78, 5) is 14.3. The highest BCUT2D eigenvalue weighted by atomic mass is 16.4. The van der Waals surface area contributed by atoms with Gasteiger partial charge in [0.1, 0.15) is 6.04 Å². The predicted octanol–water partition coefficient (Wildman–Crippen LogP) is 4.15. The summed E-state index contributed by atoms with van der Waals surface area (Å²) in [6.45, 7) is 11.3. The molecule has 1 fully saturated rings. The van der Waals surface area contributed by atoms with Gasteiger partial charge in [0, 0.05) is 28.9 Å². The fourth-order valence-corrected chi connectivity index (χ4v) is 4.26. The predicted molar refractivity (Wildman–Crippen MR) is 102 cm³/mol. The first-order chi connectivity index (χ1) is 11.6. The van der Waals surface area contributed by atoms with Crippen LogP contribution in [0.3, 0.4) is 0 Å². The number of hydrogen-bond donors (Lipinski definition) is 3. The Morgan fingerprint density at radius 3 is 2.80 bits per heavy atom. The number of aliphatic carboxylic acids is 1. The number of nitrogens with one attached hydrogen (secondary N) is 1. The number of H-pyrrole nitrogens is 1. The van der Waals surface area contributed by atoms with E-state index in [1.807, 2.05) is 6.20 Å². The van der Waals surface area contributed by atoms with E-state index in [2.05, 4.69) is 50.5 Å². The molecule has 1 aliphatic rings. The van der Waals surface area contributed by atoms with Crippen molar-refractivity contribution in [2.24, 2.45) is 11.1 Å². The Morgan fingerprint density at radius 1 is 1.40 bits per heavy atom. The number of carbonyl (C=O) groups is 1. The molecule has 134 valence electrons. The Hall–Kier alpha value is -2.07. The molecule has 2 aromatic rings. The van der Waals surface area contributed by atoms with Crippen LogP contribution < -0.4 is 5.73 Å². The molecule has 1 aliphatic carbocycles. The number of carboxylic acid groups (broad SMARTS) is 1. The van der Waals surface area contributed by atoms with Crippen LogP contribution in [0.4, 0.5) is 0 Å². The average molecular weight is 340 g/mol. The second kappa shape index (κ2) is 6.03. The summed E-state index contributed by atoms with van der Waals surface area (Å²) < 4.78 is 0. The first-order valence-electron chi connectivity index (χ1n) is 8.89. The highest BCUT2D eigenvalue weighted by Gasteiger charge is 2.40. The molecule has 0 spiro atoms. The van der Waals surface area contributed by atoms with Gasteiger partial charge in [0.2, 0.25) is 0 Å². The number of aromatic amines is 1. The van der Waals surface area contributed by atoms with Gasteiger partial charge in [-0.1, -0.05) is 45.1 Å². The maximum atomic E-state index is 11.0. The number of rotatable bonds is 4. The quantitative estimate of drug-likeness (QED) is 0.732. The number of nitrogens with two attached hydrogens (primary N) is 1. The molecule has 0 saturated heterocycles. The van der Waals surface area contributed by atoms with E-state index in [0.717, 1.165) is 29.3 Å². The summed E-state index contributed by atoms with van der Waals surface area (Å²) >= 11 is 0. The van der Waals surface area contributed by atoms with Crippen molar-refractivity contribution in [1.29, 1.82) is 0 Å². The summed E-state index contributed by atoms with van der Waals surface area (Å²) in [5.74, 6) is -0.973. The Labute approximate surface area is 149 Å². The van der Waals surface area contributed by atoms with Crippen LogP contribution in [0.1, 0.15) is 51.2 Å². The molecule has 1 unspecified atom stereocenters. The number of hydrogen-bond acceptors (Lipinski definition) is 2. The molecule has 4 heteroatoms. The summed E-state index contributed by atoms with van der Waals surface area (Å²) in [5.41, 5.74) is 10.5. The van der Waals surface area contributed by atoms with E-state index in [4.69, 9.17) is 10.8 Å². The van der Waals surface area contributed by atoms with Crippen LogP contribution in [0.25, 0.3) is 10.9 Å². The van der Waals surface area contributed by atoms with Crippen molar-refractivity contribution in [3.63, 3.8) is 0 Å². The molecule has 1 saturated carbocycles. The minimum atomic E-state index is -0.973. The van der Waals surface area contributed by atoms with E-state index in [0.29, 0.717) is 11.8 Å². The smallest absolute Gasteiger partial charge is 0.320 e. The summed E-state index contributed by atoms with van der Waals surface area (Å²) in [6, 6.07) is 5.57. The van der Waals surface area contributed by atoms with E-state index in [1.54, 1.807) is 0 Å². The van der Waals surface area contributed by atoms with Gasteiger partial charge < -0.3 is 15.8 Å². The molecule has 1 aromatic carbocycles. The van der Waals surface area contributed by atoms with Crippen molar-refractivity contribution in [2.45, 2.75) is 57.9 Å². The number of benzene rings is 1. The molecule has 0 amide bonds. The van der Waals surface area contributed by atoms with Crippen molar-refractivity contribution < 1.29 is 9.90 Å². The lowest BCUT2D eigenvalue weighted by atomic mass is 9.60. The van der Waals surface area contributed by atoms with Crippen molar-refractivity contribution in [1.82, 2.24) is 4.98 Å². The highest BCUT2D eigenvalue weighted by molar-refractivity contribution is 5.85. The van der Waals surface area contributed by atoms with E-state index in [9.17, 15) is 4.79 Å². The SMILES string of the molecule is C=C1CCC(C)(C)CC1(C)c1ccc2c(C[C@H](N)C(=O)O)c[nH]c2c1. The Morgan fingerprint density at radius 2 is 2.12 bits per heavy atom. The van der Waals surface area contributed by atoms with E-state index < -0.39 is 12.0 Å². The lowest BCUT2D eigenvalue weighted by molar-refractivity contribution is -0.138. The molecule has 25 heavy (non-hydrogen) atoms. The van der Waals surface area contributed by atoms with E-state index >= 15 is 0 Å². The summed E-state index contributed by atoms with van der Waals surface area (Å²) in [7, 11) is 0. The molecule has 4 N–H and O–H groups in total. The van der Waals surface area contributed by atoms with Crippen LogP contribution >= 0.6 is 0 Å². The molecule has 4 nitrogen and oxygen atoms in total. The zero-order chi connectivity index (χ0) is 18.4. The fourth-order valence-electron chi connectivity index (χ4n) is 4.26. The van der Waals surface area contributed by atoms with Crippen LogP contribution in [0.5, 0.6) is 0 Å². The maximum Gasteiger partial charge on any atom is 0.320 e. The van der Waals surface area contributed by atoms with Crippen LogP contribution in [0.15, 0.2) is 36.5 Å². The van der Waals surface area contributed by atoms with Crippen LogP contribution in [-0.2, 0) is 16.6 Å². The molecule has 0 bridgehead atoms. The molecular weight excluding hydrogens is 312 g/mol. The molecular formula is C21H28N2O2. The van der Waals surface area contributed by atoms with Crippen LogP contribution in [0, 0.1) is 5.41 Å². The summed E-state index contributed by atoms with van der Waals surface area (Å²) in [5, 5.41) is 10.1. The molecule has 0 radical (unpaired) electrons. The van der Waals surface area contributed by atoms with Gasteiger partial charge in [0.25, 0.3) is 0 Å². The van der Waals surface area contributed by atoms with Crippen molar-refractivity contribution >= 4 is 16.9 Å². The minimum Gasteiger partial charge on any atom is -0.480 e. The first-order valence-corrected chi connectivity index (χ1v) is 8.89. The van der Waals surface area contributed by atoms with E-state index in [-0.39, 0.29) is 5.41 Å². The van der Waals surface area contributed by atoms with Crippen molar-refractivity contribution in [3.8, 4) is 0 Å². The lowest BCUT2D eigenvalue weighted by Gasteiger charge is -2.45. The van der Waals surface area contributed by atoms with Gasteiger partial charge in [0.15, 0.2) is 0 Å². The molecule has 2 atom stereocenters. The third kappa shape index (κ3) is 3.23. The van der Waals surface area contributed by atoms with Gasteiger partial charge in [-0.3, -0.25) is 4.79 Å². The number of fused-ring (bicyclic) bond motifs is 1. The van der Waals surface area contributed by atoms with Crippen molar-refractivity contribution in [3.05, 3.63) is 47.7 Å². The maximum absolute atomic E-state index is 11.0. The Bertz CT molecular complexity index is 834. The van der Waals surface area contributed by atoms with Crippen LogP contribution in [0.2, 0.25) is 0 Å². The van der Waals surface area contributed by atoms with Gasteiger partial charge in [0.05, 0.1) is 0 Å². The van der Waals surface area contributed by atoms with Crippen molar-refractivity contribution in [2.75, 3.05) is 0 Å². The molecule has 3 rings (SSSR count). The average Bonchev–Trinajstić information content (AvgIpc) is 2.93. The fraction of sp³-hybridized carbons (Fsp3) is 0.476. The normalized spacial score (nSPS) is 24.4. The third-order valence-electron chi connectivity index (χ3n) is 5.88. The van der Waals surface area contributed by atoms with Gasteiger partial charge in [-0.25, -0.2) is 0 Å². The lowest BCUT2D eigenvalue weighted by Crippen LogP contribution is -2.36. The minimum absolute atomic E-state index is 0.0291. The number of aromatic nitrogens is 1. The zero-order valence-electron chi connectivity index (χ0n) is 15.4. The molecule has 1 heterocycles. The molecule has 1 aromatic heterocycles. The first kappa shape index (κ1) is 17.7. The third-order valence-corrected chi connectivity index (χ3v) is 5.88. The largest absolute Gasteiger partial charge is 0.480 e.